The van der Waals surface area contributed by atoms with Crippen molar-refractivity contribution in [3.8, 4) is 0 Å². The van der Waals surface area contributed by atoms with Crippen molar-refractivity contribution in [2.75, 3.05) is 5.75 Å². The molecule has 1 atom stereocenters. The molecule has 0 bridgehead atoms. The van der Waals surface area contributed by atoms with Crippen LogP contribution in [0.1, 0.15) is 23.8 Å². The molecular formula is C14H14ClNOS. The lowest BCUT2D eigenvalue weighted by Gasteiger charge is -2.26. The standard InChI is InChI=1S/C14H14ClNOS/c15-10-3-4-14-12(8-10)13(5-7-18-14)16-9-11-2-1-6-17-11/h1-4,6,8,13,16H,5,7,9H2. The number of halogens is 1. The van der Waals surface area contributed by atoms with Crippen LogP contribution in [-0.4, -0.2) is 5.75 Å². The summed E-state index contributed by atoms with van der Waals surface area (Å²) in [6.07, 6.45) is 2.83. The van der Waals surface area contributed by atoms with Crippen LogP contribution < -0.4 is 5.32 Å². The van der Waals surface area contributed by atoms with Gasteiger partial charge in [-0.3, -0.25) is 0 Å². The van der Waals surface area contributed by atoms with E-state index in [1.807, 2.05) is 30.0 Å². The maximum absolute atomic E-state index is 6.09. The maximum atomic E-state index is 6.09. The van der Waals surface area contributed by atoms with Crippen LogP contribution >= 0.6 is 23.4 Å². The highest BCUT2D eigenvalue weighted by molar-refractivity contribution is 7.99. The summed E-state index contributed by atoms with van der Waals surface area (Å²) in [6, 6.07) is 10.4. The first-order chi connectivity index (χ1) is 8.83. The lowest BCUT2D eigenvalue weighted by molar-refractivity contribution is 0.440. The van der Waals surface area contributed by atoms with E-state index in [1.165, 1.54) is 10.5 Å². The summed E-state index contributed by atoms with van der Waals surface area (Å²) >= 11 is 7.99. The van der Waals surface area contributed by atoms with Gasteiger partial charge in [-0.05, 0) is 48.1 Å². The fourth-order valence-electron chi connectivity index (χ4n) is 2.21. The molecule has 0 saturated heterocycles. The minimum Gasteiger partial charge on any atom is -0.468 e. The van der Waals surface area contributed by atoms with Gasteiger partial charge in [0.2, 0.25) is 0 Å². The molecule has 1 aromatic heterocycles. The molecule has 0 fully saturated rings. The van der Waals surface area contributed by atoms with Crippen molar-refractivity contribution in [3.63, 3.8) is 0 Å². The summed E-state index contributed by atoms with van der Waals surface area (Å²) in [5.41, 5.74) is 1.31. The molecule has 2 aromatic rings. The molecule has 94 valence electrons. The molecule has 18 heavy (non-hydrogen) atoms. The summed E-state index contributed by atoms with van der Waals surface area (Å²) in [6.45, 7) is 0.758. The third kappa shape index (κ3) is 2.58. The Morgan fingerprint density at radius 2 is 2.33 bits per heavy atom. The lowest BCUT2D eigenvalue weighted by Crippen LogP contribution is -2.24. The SMILES string of the molecule is Clc1ccc2c(c1)C(NCc1ccco1)CCS2. The Balaban J connectivity index is 1.76. The number of fused-ring (bicyclic) bond motifs is 1. The quantitative estimate of drug-likeness (QED) is 0.909. The van der Waals surface area contributed by atoms with Gasteiger partial charge in [-0.1, -0.05) is 11.6 Å². The Hall–Kier alpha value is -0.900. The molecule has 1 aliphatic heterocycles. The van der Waals surface area contributed by atoms with E-state index in [4.69, 9.17) is 16.0 Å². The van der Waals surface area contributed by atoms with Crippen LogP contribution in [0.3, 0.4) is 0 Å². The van der Waals surface area contributed by atoms with Crippen molar-refractivity contribution >= 4 is 23.4 Å². The number of hydrogen-bond donors (Lipinski definition) is 1. The minimum atomic E-state index is 0.366. The number of hydrogen-bond acceptors (Lipinski definition) is 3. The highest BCUT2D eigenvalue weighted by Gasteiger charge is 2.20. The van der Waals surface area contributed by atoms with Gasteiger partial charge in [0.15, 0.2) is 0 Å². The van der Waals surface area contributed by atoms with E-state index < -0.39 is 0 Å². The van der Waals surface area contributed by atoms with E-state index in [-0.39, 0.29) is 0 Å². The minimum absolute atomic E-state index is 0.366. The topological polar surface area (TPSA) is 25.2 Å². The first kappa shape index (κ1) is 12.2. The Morgan fingerprint density at radius 3 is 3.17 bits per heavy atom. The zero-order chi connectivity index (χ0) is 12.4. The summed E-state index contributed by atoms with van der Waals surface area (Å²) in [4.78, 5) is 1.34. The average molecular weight is 280 g/mol. The van der Waals surface area contributed by atoms with Crippen molar-refractivity contribution in [2.45, 2.75) is 23.9 Å². The molecule has 0 aliphatic carbocycles. The highest BCUT2D eigenvalue weighted by atomic mass is 35.5. The van der Waals surface area contributed by atoms with Crippen LogP contribution in [0.25, 0.3) is 0 Å². The van der Waals surface area contributed by atoms with Gasteiger partial charge in [0.25, 0.3) is 0 Å². The smallest absolute Gasteiger partial charge is 0.117 e. The zero-order valence-electron chi connectivity index (χ0n) is 9.86. The summed E-state index contributed by atoms with van der Waals surface area (Å²) in [7, 11) is 0. The number of benzene rings is 1. The third-order valence-corrected chi connectivity index (χ3v) is 4.47. The number of thioether (sulfide) groups is 1. The van der Waals surface area contributed by atoms with Crippen LogP contribution in [-0.2, 0) is 6.54 Å². The maximum Gasteiger partial charge on any atom is 0.117 e. The highest BCUT2D eigenvalue weighted by Crippen LogP contribution is 2.37. The second-order valence-electron chi connectivity index (χ2n) is 4.33. The summed E-state index contributed by atoms with van der Waals surface area (Å²) in [5, 5.41) is 4.35. The molecule has 1 N–H and O–H groups in total. The lowest BCUT2D eigenvalue weighted by atomic mass is 10.0. The van der Waals surface area contributed by atoms with Crippen molar-refractivity contribution in [1.29, 1.82) is 0 Å². The second-order valence-corrected chi connectivity index (χ2v) is 5.91. The summed E-state index contributed by atoms with van der Waals surface area (Å²) < 4.78 is 5.34. The average Bonchev–Trinajstić information content (AvgIpc) is 2.89. The van der Waals surface area contributed by atoms with Gasteiger partial charge >= 0.3 is 0 Å². The monoisotopic (exact) mass is 279 g/mol. The van der Waals surface area contributed by atoms with Gasteiger partial charge in [0, 0.05) is 16.0 Å². The predicted octanol–water partition coefficient (Wildman–Crippen LogP) is 4.26. The van der Waals surface area contributed by atoms with Crippen molar-refractivity contribution in [3.05, 3.63) is 52.9 Å². The van der Waals surface area contributed by atoms with Crippen LogP contribution in [0.2, 0.25) is 5.02 Å². The van der Waals surface area contributed by atoms with E-state index in [1.54, 1.807) is 6.26 Å². The molecule has 0 spiro atoms. The molecule has 3 rings (SSSR count). The first-order valence-corrected chi connectivity index (χ1v) is 7.37. The van der Waals surface area contributed by atoms with Crippen molar-refractivity contribution in [2.24, 2.45) is 0 Å². The van der Waals surface area contributed by atoms with Crippen LogP contribution in [0.15, 0.2) is 45.9 Å². The molecule has 2 heterocycles. The largest absolute Gasteiger partial charge is 0.468 e. The fourth-order valence-corrected chi connectivity index (χ4v) is 3.50. The Bertz CT molecular complexity index is 527. The molecular weight excluding hydrogens is 266 g/mol. The zero-order valence-corrected chi connectivity index (χ0v) is 11.4. The van der Waals surface area contributed by atoms with Gasteiger partial charge in [0.05, 0.1) is 12.8 Å². The molecule has 1 aliphatic rings. The van der Waals surface area contributed by atoms with Crippen LogP contribution in [0.4, 0.5) is 0 Å². The molecule has 0 amide bonds. The Kier molecular flexibility index (Phi) is 3.64. The molecule has 2 nitrogen and oxygen atoms in total. The van der Waals surface area contributed by atoms with Crippen molar-refractivity contribution < 1.29 is 4.42 Å². The van der Waals surface area contributed by atoms with Gasteiger partial charge < -0.3 is 9.73 Å². The summed E-state index contributed by atoms with van der Waals surface area (Å²) in [5.74, 6) is 2.11. The van der Waals surface area contributed by atoms with E-state index >= 15 is 0 Å². The van der Waals surface area contributed by atoms with Crippen LogP contribution in [0, 0.1) is 0 Å². The molecule has 0 saturated carbocycles. The Labute approximate surface area is 116 Å². The number of nitrogens with one attached hydrogen (secondary N) is 1. The molecule has 1 aromatic carbocycles. The molecule has 4 heteroatoms. The Morgan fingerprint density at radius 1 is 1.39 bits per heavy atom. The third-order valence-electron chi connectivity index (χ3n) is 3.11. The van der Waals surface area contributed by atoms with Gasteiger partial charge in [0.1, 0.15) is 5.76 Å². The number of rotatable bonds is 3. The van der Waals surface area contributed by atoms with E-state index in [0.717, 1.165) is 29.5 Å². The van der Waals surface area contributed by atoms with E-state index in [9.17, 15) is 0 Å². The van der Waals surface area contributed by atoms with Crippen molar-refractivity contribution in [1.82, 2.24) is 5.32 Å². The second kappa shape index (κ2) is 5.39. The fraction of sp³-hybridized carbons (Fsp3) is 0.286. The molecule has 1 unspecified atom stereocenters. The van der Waals surface area contributed by atoms with E-state index in [2.05, 4.69) is 17.4 Å². The molecule has 0 radical (unpaired) electrons. The number of furan rings is 1. The van der Waals surface area contributed by atoms with Crippen LogP contribution in [0.5, 0.6) is 0 Å². The first-order valence-electron chi connectivity index (χ1n) is 6.01. The normalized spacial score (nSPS) is 18.6. The van der Waals surface area contributed by atoms with Gasteiger partial charge in [-0.2, -0.15) is 0 Å². The van der Waals surface area contributed by atoms with E-state index in [0.29, 0.717) is 6.04 Å². The van der Waals surface area contributed by atoms with Gasteiger partial charge in [-0.15, -0.1) is 11.8 Å². The van der Waals surface area contributed by atoms with Gasteiger partial charge in [-0.25, -0.2) is 0 Å². The predicted molar refractivity (Wildman–Crippen MR) is 75.1 cm³/mol.